The highest BCUT2D eigenvalue weighted by Crippen LogP contribution is 2.20. The van der Waals surface area contributed by atoms with E-state index in [4.69, 9.17) is 5.41 Å². The number of aromatic nitrogens is 2. The number of carbonyl (C=O) groups excluding carboxylic acids is 1. The molecular weight excluding hydrogens is 402 g/mol. The zero-order valence-corrected chi connectivity index (χ0v) is 18.6. The van der Waals surface area contributed by atoms with Crippen molar-refractivity contribution < 1.29 is 4.79 Å². The number of urea groups is 1. The average Bonchev–Trinajstić information content (AvgIpc) is 3.50. The van der Waals surface area contributed by atoms with Crippen molar-refractivity contribution in [2.24, 2.45) is 0 Å². The molecule has 2 aromatic heterocycles. The number of pyridine rings is 2. The molecule has 8 heteroatoms. The lowest BCUT2D eigenvalue weighted by molar-refractivity contribution is 0.248. The second-order valence-corrected chi connectivity index (χ2v) is 8.64. The molecule has 4 N–H and O–H groups in total. The number of nitrogens with zero attached hydrogens (tertiary/aromatic N) is 3. The largest absolute Gasteiger partial charge is 0.390 e. The average molecular weight is 436 g/mol. The van der Waals surface area contributed by atoms with Gasteiger partial charge in [0.05, 0.1) is 11.0 Å². The SMILES string of the molecule is N=C/C(=C\NCCCN1CCCC1)c1cnc2ccc(NC(=O)NC3CCCC3)nc2c1. The van der Waals surface area contributed by atoms with Crippen molar-refractivity contribution in [3.63, 3.8) is 0 Å². The number of anilines is 1. The maximum Gasteiger partial charge on any atom is 0.320 e. The first-order valence-corrected chi connectivity index (χ1v) is 11.7. The normalized spacial score (nSPS) is 17.6. The standard InChI is InChI=1S/C24H33N7O/c25-15-19(16-26-10-5-13-31-11-3-4-12-31)18-14-22-21(27-17-18)8-9-23(29-22)30-24(32)28-20-6-1-2-7-20/h8-9,14-17,20,25-26H,1-7,10-13H2,(H2,28,29,30,32)/b19-16+,25-15?. The van der Waals surface area contributed by atoms with E-state index < -0.39 is 0 Å². The zero-order chi connectivity index (χ0) is 22.2. The van der Waals surface area contributed by atoms with E-state index in [1.54, 1.807) is 12.3 Å². The molecule has 0 bridgehead atoms. The summed E-state index contributed by atoms with van der Waals surface area (Å²) >= 11 is 0. The summed E-state index contributed by atoms with van der Waals surface area (Å²) in [5, 5.41) is 17.0. The van der Waals surface area contributed by atoms with Crippen molar-refractivity contribution in [3.8, 4) is 0 Å². The Labute approximate surface area is 189 Å². The first kappa shape index (κ1) is 22.2. The summed E-state index contributed by atoms with van der Waals surface area (Å²) in [6, 6.07) is 5.56. The van der Waals surface area contributed by atoms with Gasteiger partial charge in [0.2, 0.25) is 0 Å². The maximum absolute atomic E-state index is 12.3. The Kier molecular flexibility index (Phi) is 7.66. The minimum atomic E-state index is -0.217. The van der Waals surface area contributed by atoms with Crippen LogP contribution >= 0.6 is 0 Å². The Morgan fingerprint density at radius 2 is 1.97 bits per heavy atom. The van der Waals surface area contributed by atoms with E-state index in [1.165, 1.54) is 45.0 Å². The van der Waals surface area contributed by atoms with Crippen molar-refractivity contribution in [3.05, 3.63) is 36.2 Å². The number of allylic oxidation sites excluding steroid dienone is 1. The van der Waals surface area contributed by atoms with Crippen molar-refractivity contribution in [1.82, 2.24) is 25.5 Å². The number of hydrogen-bond acceptors (Lipinski definition) is 6. The van der Waals surface area contributed by atoms with Crippen molar-refractivity contribution >= 4 is 34.7 Å². The van der Waals surface area contributed by atoms with Crippen molar-refractivity contribution in [1.29, 1.82) is 5.41 Å². The zero-order valence-electron chi connectivity index (χ0n) is 18.6. The molecule has 1 aliphatic carbocycles. The van der Waals surface area contributed by atoms with Gasteiger partial charge >= 0.3 is 6.03 Å². The molecular formula is C24H33N7O. The highest BCUT2D eigenvalue weighted by Gasteiger charge is 2.17. The lowest BCUT2D eigenvalue weighted by Gasteiger charge is -2.14. The van der Waals surface area contributed by atoms with Gasteiger partial charge in [0.1, 0.15) is 5.82 Å². The van der Waals surface area contributed by atoms with Gasteiger partial charge in [0.15, 0.2) is 0 Å². The summed E-state index contributed by atoms with van der Waals surface area (Å²) in [6.07, 6.45) is 13.1. The summed E-state index contributed by atoms with van der Waals surface area (Å²) in [5.41, 5.74) is 3.00. The van der Waals surface area contributed by atoms with E-state index in [0.29, 0.717) is 11.3 Å². The third-order valence-electron chi connectivity index (χ3n) is 6.21. The van der Waals surface area contributed by atoms with Gasteiger partial charge in [-0.05, 0) is 69.9 Å². The van der Waals surface area contributed by atoms with Crippen LogP contribution in [-0.2, 0) is 0 Å². The van der Waals surface area contributed by atoms with Crippen LogP contribution in [0.5, 0.6) is 0 Å². The van der Waals surface area contributed by atoms with Crippen molar-refractivity contribution in [2.75, 3.05) is 31.5 Å². The molecule has 2 aliphatic rings. The molecule has 3 heterocycles. The molecule has 2 amide bonds. The fraction of sp³-hybridized carbons (Fsp3) is 0.500. The van der Waals surface area contributed by atoms with Crippen LogP contribution < -0.4 is 16.0 Å². The van der Waals surface area contributed by atoms with Gasteiger partial charge in [0, 0.05) is 42.3 Å². The second kappa shape index (κ2) is 11.0. The number of nitrogens with one attached hydrogen (secondary N) is 4. The Morgan fingerprint density at radius 1 is 1.16 bits per heavy atom. The van der Waals surface area contributed by atoms with E-state index in [1.807, 2.05) is 18.3 Å². The Balaban J connectivity index is 1.36. The van der Waals surface area contributed by atoms with Crippen LogP contribution in [0.25, 0.3) is 16.6 Å². The fourth-order valence-corrected chi connectivity index (χ4v) is 4.44. The molecule has 2 aromatic rings. The molecule has 4 rings (SSSR count). The van der Waals surface area contributed by atoms with Gasteiger partial charge < -0.3 is 20.9 Å². The highest BCUT2D eigenvalue weighted by molar-refractivity contribution is 6.08. The molecule has 0 aromatic carbocycles. The van der Waals surface area contributed by atoms with E-state index in [9.17, 15) is 4.79 Å². The van der Waals surface area contributed by atoms with Crippen LogP contribution in [-0.4, -0.2) is 59.3 Å². The molecule has 0 atom stereocenters. The Morgan fingerprint density at radius 3 is 2.75 bits per heavy atom. The summed E-state index contributed by atoms with van der Waals surface area (Å²) in [4.78, 5) is 23.8. The number of carbonyl (C=O) groups is 1. The molecule has 0 radical (unpaired) electrons. The molecule has 2 fully saturated rings. The van der Waals surface area contributed by atoms with Gasteiger partial charge in [-0.15, -0.1) is 0 Å². The molecule has 1 saturated carbocycles. The number of rotatable bonds is 9. The molecule has 0 unspecified atom stereocenters. The molecule has 32 heavy (non-hydrogen) atoms. The predicted octanol–water partition coefficient (Wildman–Crippen LogP) is 3.76. The van der Waals surface area contributed by atoms with Crippen LogP contribution in [0.1, 0.15) is 50.5 Å². The van der Waals surface area contributed by atoms with Crippen LogP contribution in [0, 0.1) is 5.41 Å². The number of hydrogen-bond donors (Lipinski definition) is 4. The summed E-state index contributed by atoms with van der Waals surface area (Å²) in [5.74, 6) is 0.493. The first-order valence-electron chi connectivity index (χ1n) is 11.7. The Hall–Kier alpha value is -3.00. The fourth-order valence-electron chi connectivity index (χ4n) is 4.44. The summed E-state index contributed by atoms with van der Waals surface area (Å²) in [7, 11) is 0. The van der Waals surface area contributed by atoms with Crippen LogP contribution in [0.15, 0.2) is 30.6 Å². The number of fused-ring (bicyclic) bond motifs is 1. The van der Waals surface area contributed by atoms with Crippen LogP contribution in [0.2, 0.25) is 0 Å². The third kappa shape index (κ3) is 6.03. The minimum Gasteiger partial charge on any atom is -0.390 e. The second-order valence-electron chi connectivity index (χ2n) is 8.64. The molecule has 170 valence electrons. The van der Waals surface area contributed by atoms with Crippen molar-refractivity contribution in [2.45, 2.75) is 51.0 Å². The number of likely N-dealkylation sites (tertiary alicyclic amines) is 1. The Bertz CT molecular complexity index is 962. The van der Waals surface area contributed by atoms with Gasteiger partial charge in [-0.3, -0.25) is 10.3 Å². The van der Waals surface area contributed by atoms with E-state index in [2.05, 4.69) is 30.8 Å². The quantitative estimate of drug-likeness (QED) is 0.354. The summed E-state index contributed by atoms with van der Waals surface area (Å²) in [6.45, 7) is 4.43. The topological polar surface area (TPSA) is 106 Å². The smallest absolute Gasteiger partial charge is 0.320 e. The van der Waals surface area contributed by atoms with Gasteiger partial charge in [-0.1, -0.05) is 12.8 Å². The molecule has 8 nitrogen and oxygen atoms in total. The predicted molar refractivity (Wildman–Crippen MR) is 129 cm³/mol. The molecule has 1 saturated heterocycles. The summed E-state index contributed by atoms with van der Waals surface area (Å²) < 4.78 is 0. The first-order chi connectivity index (χ1) is 15.7. The molecule has 1 aliphatic heterocycles. The van der Waals surface area contributed by atoms with E-state index in [-0.39, 0.29) is 12.1 Å². The highest BCUT2D eigenvalue weighted by atomic mass is 16.2. The van der Waals surface area contributed by atoms with Gasteiger partial charge in [-0.2, -0.15) is 0 Å². The minimum absolute atomic E-state index is 0.217. The van der Waals surface area contributed by atoms with E-state index >= 15 is 0 Å². The van der Waals surface area contributed by atoms with Crippen LogP contribution in [0.4, 0.5) is 10.6 Å². The maximum atomic E-state index is 12.3. The monoisotopic (exact) mass is 435 g/mol. The lowest BCUT2D eigenvalue weighted by Crippen LogP contribution is -2.36. The van der Waals surface area contributed by atoms with Gasteiger partial charge in [0.25, 0.3) is 0 Å². The van der Waals surface area contributed by atoms with E-state index in [0.717, 1.165) is 49.0 Å². The van der Waals surface area contributed by atoms with Crippen LogP contribution in [0.3, 0.4) is 0 Å². The lowest BCUT2D eigenvalue weighted by atomic mass is 10.1. The third-order valence-corrected chi connectivity index (χ3v) is 6.21. The molecule has 0 spiro atoms. The number of amides is 2. The van der Waals surface area contributed by atoms with Gasteiger partial charge in [-0.25, -0.2) is 9.78 Å².